The largest absolute Gasteiger partial charge is 0.507 e. The molecule has 0 saturated carbocycles. The molecule has 0 fully saturated rings. The van der Waals surface area contributed by atoms with Gasteiger partial charge in [-0.1, -0.05) is 0 Å². The van der Waals surface area contributed by atoms with Gasteiger partial charge in [0.1, 0.15) is 5.75 Å². The second-order valence-electron chi connectivity index (χ2n) is 2.22. The second kappa shape index (κ2) is 4.14. The fourth-order valence-corrected chi connectivity index (χ4v) is 0.790. The summed E-state index contributed by atoms with van der Waals surface area (Å²) in [7, 11) is 0. The number of hydrogen-bond acceptors (Lipinski definition) is 5. The molecule has 1 N–H and O–H groups in total. The smallest absolute Gasteiger partial charge is 0.280 e. The number of nitro benzene ring substituents is 2. The van der Waals surface area contributed by atoms with Crippen molar-refractivity contribution in [1.82, 2.24) is 0 Å². The predicted molar refractivity (Wildman–Crippen MR) is 42.1 cm³/mol. The van der Waals surface area contributed by atoms with Gasteiger partial charge in [-0.15, -0.1) is 0 Å². The first-order chi connectivity index (χ1) is 6.00. The van der Waals surface area contributed by atoms with Crippen molar-refractivity contribution in [2.75, 3.05) is 0 Å². The monoisotopic (exact) mass is 200 g/mol. The number of benzene rings is 1. The van der Waals surface area contributed by atoms with E-state index in [-0.39, 0.29) is 5.48 Å². The van der Waals surface area contributed by atoms with Gasteiger partial charge in [0.2, 0.25) is 0 Å². The lowest BCUT2D eigenvalue weighted by molar-refractivity contribution is -0.394. The van der Waals surface area contributed by atoms with Gasteiger partial charge < -0.3 is 5.11 Å². The van der Waals surface area contributed by atoms with E-state index in [0.29, 0.717) is 0 Å². The molecule has 0 aromatic heterocycles. The van der Waals surface area contributed by atoms with Gasteiger partial charge in [0.15, 0.2) is 0 Å². The lowest BCUT2D eigenvalue weighted by atomic mass is 10.2. The number of hydrogen-bond donors (Lipinski definition) is 1. The first-order valence-corrected chi connectivity index (χ1v) is 3.13. The first-order valence-electron chi connectivity index (χ1n) is 3.13. The molecule has 0 unspecified atom stereocenters. The number of non-ortho nitro benzene ring substituents is 2. The van der Waals surface area contributed by atoms with Crippen LogP contribution in [-0.2, 0) is 5.48 Å². The molecular formula is C6H4N2O6. The Kier molecular flexibility index (Phi) is 3.48. The van der Waals surface area contributed by atoms with Gasteiger partial charge in [-0.2, -0.15) is 0 Å². The molecule has 0 saturated heterocycles. The van der Waals surface area contributed by atoms with Crippen LogP contribution in [0.15, 0.2) is 18.2 Å². The van der Waals surface area contributed by atoms with Crippen molar-refractivity contribution >= 4 is 11.4 Å². The molecular weight excluding hydrogens is 196 g/mol. The third-order valence-electron chi connectivity index (χ3n) is 1.31. The van der Waals surface area contributed by atoms with Gasteiger partial charge in [0.05, 0.1) is 28.0 Å². The van der Waals surface area contributed by atoms with E-state index in [9.17, 15) is 20.2 Å². The lowest BCUT2D eigenvalue weighted by Crippen LogP contribution is -1.91. The van der Waals surface area contributed by atoms with Crippen molar-refractivity contribution in [1.29, 1.82) is 0 Å². The summed E-state index contributed by atoms with van der Waals surface area (Å²) in [6.07, 6.45) is 0. The Labute approximate surface area is 77.0 Å². The Morgan fingerprint density at radius 1 is 1.00 bits per heavy atom. The van der Waals surface area contributed by atoms with Crippen LogP contribution in [-0.4, -0.2) is 15.0 Å². The molecule has 8 nitrogen and oxygen atoms in total. The van der Waals surface area contributed by atoms with Gasteiger partial charge in [0.25, 0.3) is 11.4 Å². The van der Waals surface area contributed by atoms with Crippen LogP contribution in [0.25, 0.3) is 0 Å². The molecule has 74 valence electrons. The maximum Gasteiger partial charge on any atom is 0.280 e. The molecule has 0 aliphatic heterocycles. The minimum absolute atomic E-state index is 0. The number of phenolic OH excluding ortho intramolecular Hbond substituents is 1. The lowest BCUT2D eigenvalue weighted by Gasteiger charge is -1.94. The van der Waals surface area contributed by atoms with Crippen LogP contribution in [0.4, 0.5) is 11.4 Å². The number of rotatable bonds is 2. The van der Waals surface area contributed by atoms with Crippen LogP contribution in [0.3, 0.4) is 0 Å². The summed E-state index contributed by atoms with van der Waals surface area (Å²) in [5.74, 6) is -0.499. The van der Waals surface area contributed by atoms with E-state index in [1.165, 1.54) is 0 Å². The summed E-state index contributed by atoms with van der Waals surface area (Å²) in [6.45, 7) is 0. The van der Waals surface area contributed by atoms with E-state index in [0.717, 1.165) is 18.2 Å². The first kappa shape index (κ1) is 11.8. The van der Waals surface area contributed by atoms with E-state index in [1.807, 2.05) is 0 Å². The molecule has 0 aliphatic carbocycles. The van der Waals surface area contributed by atoms with Crippen LogP contribution < -0.4 is 0 Å². The maximum absolute atomic E-state index is 10.2. The molecule has 1 rings (SSSR count). The normalized spacial score (nSPS) is 8.86. The van der Waals surface area contributed by atoms with Gasteiger partial charge in [0, 0.05) is 5.48 Å². The zero-order valence-electron chi connectivity index (χ0n) is 6.61. The summed E-state index contributed by atoms with van der Waals surface area (Å²) in [5.41, 5.74) is -1.02. The van der Waals surface area contributed by atoms with E-state index in [1.54, 1.807) is 0 Å². The van der Waals surface area contributed by atoms with Crippen molar-refractivity contribution in [2.24, 2.45) is 0 Å². The summed E-state index contributed by atoms with van der Waals surface area (Å²) in [4.78, 5) is 18.8. The Morgan fingerprint density at radius 2 is 1.36 bits per heavy atom. The minimum Gasteiger partial charge on any atom is -0.507 e. The molecule has 1 aromatic rings. The van der Waals surface area contributed by atoms with Crippen molar-refractivity contribution in [3.63, 3.8) is 0 Å². The van der Waals surface area contributed by atoms with Gasteiger partial charge >= 0.3 is 0 Å². The summed E-state index contributed by atoms with van der Waals surface area (Å²) < 4.78 is 0. The Morgan fingerprint density at radius 3 is 1.64 bits per heavy atom. The van der Waals surface area contributed by atoms with Crippen LogP contribution in [0.2, 0.25) is 0 Å². The highest BCUT2D eigenvalue weighted by Gasteiger charge is 2.15. The Bertz CT molecular complexity index is 344. The molecule has 0 amide bonds. The Balaban J connectivity index is 0.00000169. The topological polar surface area (TPSA) is 135 Å². The minimum atomic E-state index is -0.813. The van der Waals surface area contributed by atoms with Gasteiger partial charge in [-0.05, 0) is 0 Å². The Hall–Kier alpha value is -2.22. The van der Waals surface area contributed by atoms with E-state index >= 15 is 0 Å². The third kappa shape index (κ3) is 2.38. The van der Waals surface area contributed by atoms with E-state index in [4.69, 9.17) is 5.11 Å². The van der Waals surface area contributed by atoms with Crippen LogP contribution >= 0.6 is 0 Å². The second-order valence-corrected chi connectivity index (χ2v) is 2.22. The van der Waals surface area contributed by atoms with Crippen molar-refractivity contribution in [3.8, 4) is 5.75 Å². The van der Waals surface area contributed by atoms with Crippen molar-refractivity contribution in [2.45, 2.75) is 0 Å². The third-order valence-corrected chi connectivity index (χ3v) is 1.31. The molecule has 0 aliphatic rings. The summed E-state index contributed by atoms with van der Waals surface area (Å²) >= 11 is 0. The number of phenols is 1. The SMILES string of the molecule is O=[N+]([O-])c1cc(O)cc([N+](=O)[O-])c1.[O]. The van der Waals surface area contributed by atoms with E-state index < -0.39 is 27.0 Å². The van der Waals surface area contributed by atoms with Crippen LogP contribution in [0.5, 0.6) is 5.75 Å². The quantitative estimate of drug-likeness (QED) is 0.562. The van der Waals surface area contributed by atoms with E-state index in [2.05, 4.69) is 0 Å². The molecule has 14 heavy (non-hydrogen) atoms. The fraction of sp³-hybridized carbons (Fsp3) is 0. The highest BCUT2D eigenvalue weighted by atomic mass is 16.6. The summed E-state index contributed by atoms with van der Waals surface area (Å²) in [6, 6.07) is 2.46. The van der Waals surface area contributed by atoms with Crippen molar-refractivity contribution in [3.05, 3.63) is 38.4 Å². The molecule has 1 aromatic carbocycles. The zero-order chi connectivity index (χ0) is 10.0. The average molecular weight is 200 g/mol. The fourth-order valence-electron chi connectivity index (χ4n) is 0.790. The highest BCUT2D eigenvalue weighted by molar-refractivity contribution is 5.48. The molecule has 8 heteroatoms. The summed E-state index contributed by atoms with van der Waals surface area (Å²) in [5, 5.41) is 29.3. The average Bonchev–Trinajstić information content (AvgIpc) is 2.03. The number of nitro groups is 2. The number of nitrogens with zero attached hydrogens (tertiary/aromatic N) is 2. The molecule has 0 heterocycles. The maximum atomic E-state index is 10.2. The molecule has 2 radical (unpaired) electrons. The molecule has 0 bridgehead atoms. The van der Waals surface area contributed by atoms with Gasteiger partial charge in [-0.25, -0.2) is 0 Å². The number of aromatic hydroxyl groups is 1. The molecule has 0 spiro atoms. The zero-order valence-corrected chi connectivity index (χ0v) is 6.61. The van der Waals surface area contributed by atoms with Crippen LogP contribution in [0.1, 0.15) is 0 Å². The van der Waals surface area contributed by atoms with Gasteiger partial charge in [-0.3, -0.25) is 20.2 Å². The highest BCUT2D eigenvalue weighted by Crippen LogP contribution is 2.25. The van der Waals surface area contributed by atoms with Crippen LogP contribution in [0, 0.1) is 20.2 Å². The molecule has 0 atom stereocenters. The van der Waals surface area contributed by atoms with Crippen molar-refractivity contribution < 1.29 is 20.4 Å². The predicted octanol–water partition coefficient (Wildman–Crippen LogP) is 1.09. The standard InChI is InChI=1S/C6H4N2O5.O/c9-6-2-4(7(10)11)1-5(3-6)8(12)13;/h1-3,9H;.